The van der Waals surface area contributed by atoms with Crippen molar-refractivity contribution in [3.63, 3.8) is 0 Å². The summed E-state index contributed by atoms with van der Waals surface area (Å²) in [6.07, 6.45) is 8.46. The van der Waals surface area contributed by atoms with Crippen LogP contribution in [0, 0.1) is 5.92 Å². The second-order valence-electron chi connectivity index (χ2n) is 6.17. The van der Waals surface area contributed by atoms with Gasteiger partial charge in [0.25, 0.3) is 0 Å². The van der Waals surface area contributed by atoms with Crippen LogP contribution in [0.25, 0.3) is 0 Å². The van der Waals surface area contributed by atoms with E-state index in [1.165, 1.54) is 64.7 Å². The number of piperidine rings is 1. The topological polar surface area (TPSA) is 32.5 Å². The van der Waals surface area contributed by atoms with Crippen LogP contribution < -0.4 is 5.73 Å². The van der Waals surface area contributed by atoms with Gasteiger partial charge in [-0.05, 0) is 44.7 Å². The van der Waals surface area contributed by atoms with Crippen molar-refractivity contribution >= 4 is 0 Å². The summed E-state index contributed by atoms with van der Waals surface area (Å²) in [5.41, 5.74) is 5.93. The Kier molecular flexibility index (Phi) is 3.69. The van der Waals surface area contributed by atoms with Gasteiger partial charge in [-0.2, -0.15) is 0 Å². The monoisotopic (exact) mass is 237 g/mol. The second-order valence-corrected chi connectivity index (χ2v) is 6.17. The van der Waals surface area contributed by atoms with Crippen molar-refractivity contribution in [2.24, 2.45) is 11.7 Å². The van der Waals surface area contributed by atoms with Crippen LogP contribution in [0.3, 0.4) is 0 Å². The molecule has 2 aliphatic heterocycles. The number of rotatable bonds is 2. The normalized spacial score (nSPS) is 40.4. The lowest BCUT2D eigenvalue weighted by Crippen LogP contribution is -2.58. The molecule has 3 heteroatoms. The molecular weight excluding hydrogens is 210 g/mol. The van der Waals surface area contributed by atoms with Gasteiger partial charge in [0, 0.05) is 31.7 Å². The predicted octanol–water partition coefficient (Wildman–Crippen LogP) is 1.28. The lowest BCUT2D eigenvalue weighted by Gasteiger charge is -2.47. The highest BCUT2D eigenvalue weighted by Gasteiger charge is 2.36. The van der Waals surface area contributed by atoms with Gasteiger partial charge in [0.15, 0.2) is 0 Å². The molecule has 0 radical (unpaired) electrons. The number of piperazine rings is 1. The third-order valence-electron chi connectivity index (χ3n) is 5.26. The van der Waals surface area contributed by atoms with Crippen molar-refractivity contribution < 1.29 is 0 Å². The summed E-state index contributed by atoms with van der Waals surface area (Å²) in [6.45, 7) is 6.16. The second kappa shape index (κ2) is 5.25. The van der Waals surface area contributed by atoms with Gasteiger partial charge in [0.2, 0.25) is 0 Å². The molecule has 2 N–H and O–H groups in total. The van der Waals surface area contributed by atoms with E-state index in [1.807, 2.05) is 0 Å². The molecule has 3 fully saturated rings. The summed E-state index contributed by atoms with van der Waals surface area (Å²) in [5.74, 6) is 0.783. The maximum absolute atomic E-state index is 5.93. The zero-order valence-corrected chi connectivity index (χ0v) is 11.0. The first-order chi connectivity index (χ1) is 8.38. The van der Waals surface area contributed by atoms with Gasteiger partial charge in [0.05, 0.1) is 0 Å². The number of nitrogens with zero attached hydrogens (tertiary/aromatic N) is 2. The molecule has 98 valence electrons. The molecule has 3 nitrogen and oxygen atoms in total. The predicted molar refractivity (Wildman–Crippen MR) is 71.0 cm³/mol. The minimum Gasteiger partial charge on any atom is -0.330 e. The van der Waals surface area contributed by atoms with Gasteiger partial charge in [0.1, 0.15) is 0 Å². The molecule has 3 rings (SSSR count). The summed E-state index contributed by atoms with van der Waals surface area (Å²) < 4.78 is 0. The molecule has 0 amide bonds. The van der Waals surface area contributed by atoms with Gasteiger partial charge in [-0.15, -0.1) is 0 Å². The van der Waals surface area contributed by atoms with Crippen LogP contribution >= 0.6 is 0 Å². The van der Waals surface area contributed by atoms with E-state index in [-0.39, 0.29) is 0 Å². The van der Waals surface area contributed by atoms with Crippen LogP contribution in [0.2, 0.25) is 0 Å². The smallest absolute Gasteiger partial charge is 0.0223 e. The first-order valence-electron chi connectivity index (χ1n) is 7.56. The fraction of sp³-hybridized carbons (Fsp3) is 1.00. The molecule has 0 aromatic heterocycles. The minimum atomic E-state index is 0.783. The van der Waals surface area contributed by atoms with Gasteiger partial charge in [-0.1, -0.05) is 12.8 Å². The Balaban J connectivity index is 1.61. The summed E-state index contributed by atoms with van der Waals surface area (Å²) in [6, 6.07) is 1.67. The highest BCUT2D eigenvalue weighted by molar-refractivity contribution is 4.92. The molecule has 2 saturated heterocycles. The summed E-state index contributed by atoms with van der Waals surface area (Å²) in [7, 11) is 0. The molecule has 0 aromatic carbocycles. The Bertz CT molecular complexity index is 256. The lowest BCUT2D eigenvalue weighted by molar-refractivity contribution is 0.0191. The average Bonchev–Trinajstić information content (AvgIpc) is 2.86. The summed E-state index contributed by atoms with van der Waals surface area (Å²) in [5, 5.41) is 0. The van der Waals surface area contributed by atoms with E-state index in [0.717, 1.165) is 24.5 Å². The standard InChI is InChI=1S/C14H27N3/c15-10-12-4-3-6-14(12)17-9-8-16-7-2-1-5-13(16)11-17/h12-14H,1-11,15H2. The molecule has 0 bridgehead atoms. The lowest BCUT2D eigenvalue weighted by atomic mass is 9.96. The van der Waals surface area contributed by atoms with Gasteiger partial charge >= 0.3 is 0 Å². The van der Waals surface area contributed by atoms with Crippen molar-refractivity contribution in [3.05, 3.63) is 0 Å². The molecule has 0 aromatic rings. The van der Waals surface area contributed by atoms with Gasteiger partial charge in [-0.25, -0.2) is 0 Å². The zero-order chi connectivity index (χ0) is 11.7. The molecule has 2 heterocycles. The van der Waals surface area contributed by atoms with Gasteiger partial charge in [-0.3, -0.25) is 9.80 Å². The quantitative estimate of drug-likeness (QED) is 0.785. The van der Waals surface area contributed by atoms with Crippen LogP contribution in [0.5, 0.6) is 0 Å². The van der Waals surface area contributed by atoms with Crippen LogP contribution in [0.4, 0.5) is 0 Å². The molecule has 17 heavy (non-hydrogen) atoms. The van der Waals surface area contributed by atoms with Crippen LogP contribution in [0.1, 0.15) is 38.5 Å². The van der Waals surface area contributed by atoms with Crippen molar-refractivity contribution in [1.82, 2.24) is 9.80 Å². The Morgan fingerprint density at radius 1 is 0.882 bits per heavy atom. The Morgan fingerprint density at radius 2 is 1.76 bits per heavy atom. The highest BCUT2D eigenvalue weighted by atomic mass is 15.3. The Labute approximate surface area is 105 Å². The maximum atomic E-state index is 5.93. The summed E-state index contributed by atoms with van der Waals surface area (Å²) >= 11 is 0. The van der Waals surface area contributed by atoms with Crippen molar-refractivity contribution in [1.29, 1.82) is 0 Å². The molecule has 3 aliphatic rings. The van der Waals surface area contributed by atoms with Gasteiger partial charge < -0.3 is 5.73 Å². The van der Waals surface area contributed by atoms with Crippen molar-refractivity contribution in [2.45, 2.75) is 50.6 Å². The van der Waals surface area contributed by atoms with E-state index in [2.05, 4.69) is 9.80 Å². The third kappa shape index (κ3) is 2.38. The van der Waals surface area contributed by atoms with Crippen LogP contribution in [0.15, 0.2) is 0 Å². The fourth-order valence-corrected chi connectivity index (χ4v) is 4.25. The molecule has 1 saturated carbocycles. The van der Waals surface area contributed by atoms with E-state index in [0.29, 0.717) is 0 Å². The van der Waals surface area contributed by atoms with Crippen molar-refractivity contribution in [3.8, 4) is 0 Å². The zero-order valence-electron chi connectivity index (χ0n) is 11.0. The number of fused-ring (bicyclic) bond motifs is 1. The Hall–Kier alpha value is -0.120. The van der Waals surface area contributed by atoms with E-state index in [9.17, 15) is 0 Å². The maximum Gasteiger partial charge on any atom is 0.0223 e. The van der Waals surface area contributed by atoms with Crippen molar-refractivity contribution in [2.75, 3.05) is 32.7 Å². The first-order valence-corrected chi connectivity index (χ1v) is 7.56. The largest absolute Gasteiger partial charge is 0.330 e. The Morgan fingerprint density at radius 3 is 2.65 bits per heavy atom. The SMILES string of the molecule is NCC1CCCC1N1CCN2CCCCC2C1. The van der Waals surface area contributed by atoms with E-state index in [1.54, 1.807) is 0 Å². The molecule has 3 atom stereocenters. The van der Waals surface area contributed by atoms with E-state index >= 15 is 0 Å². The summed E-state index contributed by atoms with van der Waals surface area (Å²) in [4.78, 5) is 5.50. The van der Waals surface area contributed by atoms with E-state index in [4.69, 9.17) is 5.73 Å². The molecule has 1 aliphatic carbocycles. The highest BCUT2D eigenvalue weighted by Crippen LogP contribution is 2.32. The molecule has 3 unspecified atom stereocenters. The van der Waals surface area contributed by atoms with Crippen LogP contribution in [-0.2, 0) is 0 Å². The minimum absolute atomic E-state index is 0.783. The first kappa shape index (κ1) is 11.9. The number of hydrogen-bond donors (Lipinski definition) is 1. The average molecular weight is 237 g/mol. The molecule has 0 spiro atoms. The fourth-order valence-electron chi connectivity index (χ4n) is 4.25. The van der Waals surface area contributed by atoms with Crippen LogP contribution in [-0.4, -0.2) is 54.6 Å². The van der Waals surface area contributed by atoms with E-state index < -0.39 is 0 Å². The number of hydrogen-bond acceptors (Lipinski definition) is 3. The third-order valence-corrected chi connectivity index (χ3v) is 5.26. The number of nitrogens with two attached hydrogens (primary N) is 1. The molecular formula is C14H27N3.